The number of benzene rings is 2. The van der Waals surface area contributed by atoms with E-state index in [2.05, 4.69) is 10.6 Å². The maximum atomic E-state index is 12.1. The van der Waals surface area contributed by atoms with Crippen LogP contribution in [-0.4, -0.2) is 24.5 Å². The van der Waals surface area contributed by atoms with Crippen LogP contribution in [0.15, 0.2) is 42.5 Å². The highest BCUT2D eigenvalue weighted by atomic mass is 35.5. The Morgan fingerprint density at radius 2 is 1.60 bits per heavy atom. The molecule has 8 heteroatoms. The van der Waals surface area contributed by atoms with Crippen molar-refractivity contribution in [3.05, 3.63) is 63.6 Å². The number of carbonyl (C=O) groups excluding carboxylic acids is 3. The molecule has 25 heavy (non-hydrogen) atoms. The third-order valence-corrected chi connectivity index (χ3v) is 3.70. The van der Waals surface area contributed by atoms with Crippen LogP contribution in [0.25, 0.3) is 0 Å². The summed E-state index contributed by atoms with van der Waals surface area (Å²) in [7, 11) is 0. The van der Waals surface area contributed by atoms with E-state index in [-0.39, 0.29) is 22.2 Å². The Balaban J connectivity index is 2.00. The van der Waals surface area contributed by atoms with E-state index in [9.17, 15) is 14.4 Å². The van der Waals surface area contributed by atoms with Gasteiger partial charge in [-0.15, -0.1) is 0 Å². The fourth-order valence-electron chi connectivity index (χ4n) is 1.95. The van der Waals surface area contributed by atoms with E-state index >= 15 is 0 Å². The third-order valence-electron chi connectivity index (χ3n) is 3.07. The second kappa shape index (κ2) is 8.50. The van der Waals surface area contributed by atoms with Gasteiger partial charge in [-0.2, -0.15) is 0 Å². The summed E-state index contributed by atoms with van der Waals surface area (Å²) < 4.78 is 4.86. The zero-order valence-corrected chi connectivity index (χ0v) is 14.6. The van der Waals surface area contributed by atoms with Gasteiger partial charge in [0, 0.05) is 5.69 Å². The molecule has 0 fully saturated rings. The van der Waals surface area contributed by atoms with Gasteiger partial charge in [0.05, 0.1) is 27.8 Å². The Bertz CT molecular complexity index is 787. The molecule has 6 nitrogen and oxygen atoms in total. The fourth-order valence-corrected chi connectivity index (χ4v) is 2.52. The molecule has 0 aliphatic rings. The lowest BCUT2D eigenvalue weighted by Crippen LogP contribution is -2.34. The van der Waals surface area contributed by atoms with Gasteiger partial charge in [0.15, 0.2) is 0 Å². The molecule has 130 valence electrons. The Hall–Kier alpha value is -2.57. The van der Waals surface area contributed by atoms with Crippen molar-refractivity contribution in [2.24, 2.45) is 0 Å². The normalized spacial score (nSPS) is 10.0. The van der Waals surface area contributed by atoms with E-state index in [1.165, 1.54) is 36.4 Å². The maximum absolute atomic E-state index is 12.1. The van der Waals surface area contributed by atoms with Crippen LogP contribution in [0.5, 0.6) is 0 Å². The summed E-state index contributed by atoms with van der Waals surface area (Å²) in [5, 5.41) is 4.88. The summed E-state index contributed by atoms with van der Waals surface area (Å²) >= 11 is 11.8. The van der Waals surface area contributed by atoms with Crippen LogP contribution >= 0.6 is 23.2 Å². The molecular formula is C17H14Cl2N2O4. The van der Waals surface area contributed by atoms with Crippen molar-refractivity contribution in [1.29, 1.82) is 0 Å². The van der Waals surface area contributed by atoms with Crippen LogP contribution in [0.4, 0.5) is 10.5 Å². The smallest absolute Gasteiger partial charge is 0.338 e. The van der Waals surface area contributed by atoms with E-state index in [1.807, 2.05) is 0 Å². The van der Waals surface area contributed by atoms with Gasteiger partial charge in [-0.3, -0.25) is 10.1 Å². The number of esters is 1. The summed E-state index contributed by atoms with van der Waals surface area (Å²) in [5.41, 5.74) is 0.758. The van der Waals surface area contributed by atoms with Crippen LogP contribution in [0.1, 0.15) is 27.6 Å². The topological polar surface area (TPSA) is 84.5 Å². The number of amides is 3. The van der Waals surface area contributed by atoms with E-state index in [0.717, 1.165) is 0 Å². The molecule has 0 saturated carbocycles. The van der Waals surface area contributed by atoms with Crippen molar-refractivity contribution in [2.75, 3.05) is 11.9 Å². The third kappa shape index (κ3) is 4.95. The Morgan fingerprint density at radius 1 is 1.00 bits per heavy atom. The molecule has 0 aromatic heterocycles. The number of anilines is 1. The number of urea groups is 1. The molecule has 2 aromatic carbocycles. The lowest BCUT2D eigenvalue weighted by Gasteiger charge is -2.09. The summed E-state index contributed by atoms with van der Waals surface area (Å²) in [6.45, 7) is 1.98. The molecule has 0 spiro atoms. The van der Waals surface area contributed by atoms with Crippen molar-refractivity contribution in [1.82, 2.24) is 5.32 Å². The van der Waals surface area contributed by atoms with Crippen molar-refractivity contribution in [3.8, 4) is 0 Å². The Kier molecular flexibility index (Phi) is 6.38. The van der Waals surface area contributed by atoms with Crippen LogP contribution < -0.4 is 10.6 Å². The van der Waals surface area contributed by atoms with Gasteiger partial charge in [0.25, 0.3) is 5.91 Å². The first-order chi connectivity index (χ1) is 11.9. The summed E-state index contributed by atoms with van der Waals surface area (Å²) in [6, 6.07) is 9.85. The molecule has 0 unspecified atom stereocenters. The van der Waals surface area contributed by atoms with Gasteiger partial charge < -0.3 is 10.1 Å². The first kappa shape index (κ1) is 18.8. The molecule has 0 aliphatic heterocycles. The van der Waals surface area contributed by atoms with E-state index in [4.69, 9.17) is 27.9 Å². The molecule has 3 amide bonds. The van der Waals surface area contributed by atoms with Crippen molar-refractivity contribution in [3.63, 3.8) is 0 Å². The van der Waals surface area contributed by atoms with Gasteiger partial charge in [0.2, 0.25) is 0 Å². The van der Waals surface area contributed by atoms with Crippen molar-refractivity contribution >= 4 is 46.8 Å². The minimum atomic E-state index is -0.759. The number of rotatable bonds is 4. The number of hydrogen-bond donors (Lipinski definition) is 2. The second-order valence-corrected chi connectivity index (χ2v) is 5.62. The molecule has 0 aliphatic carbocycles. The molecule has 0 saturated heterocycles. The predicted molar refractivity (Wildman–Crippen MR) is 95.3 cm³/mol. The Labute approximate surface area is 154 Å². The summed E-state index contributed by atoms with van der Waals surface area (Å²) in [5.74, 6) is -1.18. The van der Waals surface area contributed by atoms with Gasteiger partial charge in [0.1, 0.15) is 0 Å². The first-order valence-electron chi connectivity index (χ1n) is 7.26. The molecule has 0 bridgehead atoms. The highest BCUT2D eigenvalue weighted by Crippen LogP contribution is 2.24. The average molecular weight is 381 g/mol. The molecular weight excluding hydrogens is 367 g/mol. The van der Waals surface area contributed by atoms with Crippen LogP contribution in [0, 0.1) is 0 Å². The minimum absolute atomic E-state index is 0.0126. The highest BCUT2D eigenvalue weighted by Gasteiger charge is 2.17. The molecule has 0 radical (unpaired) electrons. The van der Waals surface area contributed by atoms with E-state index in [0.29, 0.717) is 11.3 Å². The monoisotopic (exact) mass is 380 g/mol. The van der Waals surface area contributed by atoms with Gasteiger partial charge in [-0.1, -0.05) is 29.3 Å². The van der Waals surface area contributed by atoms with E-state index < -0.39 is 17.9 Å². The number of carbonyl (C=O) groups is 3. The zero-order valence-electron chi connectivity index (χ0n) is 13.1. The summed E-state index contributed by atoms with van der Waals surface area (Å²) in [4.78, 5) is 35.6. The molecule has 0 atom stereocenters. The minimum Gasteiger partial charge on any atom is -0.462 e. The van der Waals surface area contributed by atoms with Crippen molar-refractivity contribution in [2.45, 2.75) is 6.92 Å². The van der Waals surface area contributed by atoms with Crippen LogP contribution in [0.3, 0.4) is 0 Å². The lowest BCUT2D eigenvalue weighted by molar-refractivity contribution is 0.0526. The molecule has 0 heterocycles. The molecule has 2 N–H and O–H groups in total. The zero-order chi connectivity index (χ0) is 18.4. The maximum Gasteiger partial charge on any atom is 0.338 e. The van der Waals surface area contributed by atoms with E-state index in [1.54, 1.807) is 13.0 Å². The van der Waals surface area contributed by atoms with Gasteiger partial charge in [-0.25, -0.2) is 9.59 Å². The fraction of sp³-hybridized carbons (Fsp3) is 0.118. The standard InChI is InChI=1S/C17H14Cl2N2O4/c1-2-25-16(23)10-6-8-11(9-7-10)20-17(24)21-15(22)14-12(18)4-3-5-13(14)19/h3-9H,2H2,1H3,(H2,20,21,22,24). The van der Waals surface area contributed by atoms with Crippen LogP contribution in [0.2, 0.25) is 10.0 Å². The largest absolute Gasteiger partial charge is 0.462 e. The molecule has 2 aromatic rings. The van der Waals surface area contributed by atoms with Crippen molar-refractivity contribution < 1.29 is 19.1 Å². The Morgan fingerprint density at radius 3 is 2.16 bits per heavy atom. The number of ether oxygens (including phenoxy) is 1. The number of nitrogens with one attached hydrogen (secondary N) is 2. The number of hydrogen-bond acceptors (Lipinski definition) is 4. The second-order valence-electron chi connectivity index (χ2n) is 4.80. The highest BCUT2D eigenvalue weighted by molar-refractivity contribution is 6.40. The number of imide groups is 1. The lowest BCUT2D eigenvalue weighted by atomic mass is 10.2. The predicted octanol–water partition coefficient (Wildman–Crippen LogP) is 4.13. The quantitative estimate of drug-likeness (QED) is 0.780. The number of halogens is 2. The average Bonchev–Trinajstić information content (AvgIpc) is 2.55. The SMILES string of the molecule is CCOC(=O)c1ccc(NC(=O)NC(=O)c2c(Cl)cccc2Cl)cc1. The first-order valence-corrected chi connectivity index (χ1v) is 8.01. The van der Waals surface area contributed by atoms with Gasteiger partial charge >= 0.3 is 12.0 Å². The van der Waals surface area contributed by atoms with Gasteiger partial charge in [-0.05, 0) is 43.3 Å². The summed E-state index contributed by atoms with van der Waals surface area (Å²) in [6.07, 6.45) is 0. The van der Waals surface area contributed by atoms with Crippen LogP contribution in [-0.2, 0) is 4.74 Å². The molecule has 2 rings (SSSR count).